The number of aryl methyl sites for hydroxylation is 1. The molecule has 1 aromatic heterocycles. The molecule has 1 aromatic rings. The fraction of sp³-hybridized carbons (Fsp3) is 0.812. The second kappa shape index (κ2) is 6.27. The molecule has 1 aliphatic rings. The van der Waals surface area contributed by atoms with Gasteiger partial charge in [0.1, 0.15) is 0 Å². The minimum Gasteiger partial charge on any atom is -0.381 e. The van der Waals surface area contributed by atoms with Gasteiger partial charge in [-0.2, -0.15) is 5.10 Å². The molecule has 1 saturated heterocycles. The molecule has 0 saturated carbocycles. The molecular weight excluding hydrogens is 250 g/mol. The van der Waals surface area contributed by atoms with E-state index >= 15 is 0 Å². The number of nitrogens with zero attached hydrogens (tertiary/aromatic N) is 2. The van der Waals surface area contributed by atoms with Gasteiger partial charge in [-0.15, -0.1) is 0 Å². The van der Waals surface area contributed by atoms with E-state index in [-0.39, 0.29) is 5.41 Å². The van der Waals surface area contributed by atoms with Gasteiger partial charge in [-0.25, -0.2) is 0 Å². The Bertz CT molecular complexity index is 427. The maximum absolute atomic E-state index is 5.44. The Hall–Kier alpha value is -0.870. The van der Waals surface area contributed by atoms with Crippen LogP contribution in [0.1, 0.15) is 51.8 Å². The van der Waals surface area contributed by atoms with Crippen molar-refractivity contribution in [2.45, 2.75) is 58.5 Å². The normalized spacial score (nSPS) is 19.2. The summed E-state index contributed by atoms with van der Waals surface area (Å²) >= 11 is 0. The van der Waals surface area contributed by atoms with Crippen LogP contribution in [0.5, 0.6) is 0 Å². The fourth-order valence-corrected chi connectivity index (χ4v) is 2.95. The van der Waals surface area contributed by atoms with E-state index in [0.29, 0.717) is 6.04 Å². The molecule has 1 atom stereocenters. The largest absolute Gasteiger partial charge is 0.381 e. The first-order valence-electron chi connectivity index (χ1n) is 7.72. The van der Waals surface area contributed by atoms with Gasteiger partial charge in [0.25, 0.3) is 0 Å². The quantitative estimate of drug-likeness (QED) is 0.921. The van der Waals surface area contributed by atoms with Gasteiger partial charge in [0.15, 0.2) is 0 Å². The van der Waals surface area contributed by atoms with Crippen LogP contribution in [0.3, 0.4) is 0 Å². The predicted molar refractivity (Wildman–Crippen MR) is 81.8 cm³/mol. The van der Waals surface area contributed by atoms with Gasteiger partial charge in [0.05, 0.1) is 5.69 Å². The zero-order valence-electron chi connectivity index (χ0n) is 13.6. The lowest BCUT2D eigenvalue weighted by atomic mass is 9.89. The summed E-state index contributed by atoms with van der Waals surface area (Å²) in [5, 5.41) is 8.31. The Labute approximate surface area is 122 Å². The topological polar surface area (TPSA) is 39.1 Å². The summed E-state index contributed by atoms with van der Waals surface area (Å²) in [4.78, 5) is 0. The molecule has 0 aliphatic carbocycles. The smallest absolute Gasteiger partial charge is 0.0722 e. The molecule has 0 radical (unpaired) electrons. The lowest BCUT2D eigenvalue weighted by Gasteiger charge is -2.28. The Balaban J connectivity index is 1.96. The van der Waals surface area contributed by atoms with Gasteiger partial charge in [-0.3, -0.25) is 4.68 Å². The summed E-state index contributed by atoms with van der Waals surface area (Å²) in [6.07, 6.45) is 4.49. The highest BCUT2D eigenvalue weighted by molar-refractivity contribution is 5.23. The van der Waals surface area contributed by atoms with Crippen LogP contribution in [0.4, 0.5) is 0 Å². The SMILES string of the molecule is CC(NCc1cn(C)nc1C(C)(C)C)C1CCOCC1. The van der Waals surface area contributed by atoms with Gasteiger partial charge in [-0.1, -0.05) is 20.8 Å². The third kappa shape index (κ3) is 3.83. The average molecular weight is 279 g/mol. The van der Waals surface area contributed by atoms with Crippen molar-refractivity contribution in [2.75, 3.05) is 13.2 Å². The van der Waals surface area contributed by atoms with Crippen LogP contribution in [-0.2, 0) is 23.7 Å². The molecule has 2 rings (SSSR count). The van der Waals surface area contributed by atoms with E-state index in [9.17, 15) is 0 Å². The molecule has 1 N–H and O–H groups in total. The minimum absolute atomic E-state index is 0.0974. The summed E-state index contributed by atoms with van der Waals surface area (Å²) in [5.74, 6) is 0.735. The highest BCUT2D eigenvalue weighted by Crippen LogP contribution is 2.25. The molecule has 1 unspecified atom stereocenters. The summed E-state index contributed by atoms with van der Waals surface area (Å²) in [6.45, 7) is 11.7. The van der Waals surface area contributed by atoms with Gasteiger partial charge < -0.3 is 10.1 Å². The molecule has 0 aromatic carbocycles. The Kier molecular flexibility index (Phi) is 4.86. The van der Waals surface area contributed by atoms with E-state index < -0.39 is 0 Å². The number of ether oxygens (including phenoxy) is 1. The van der Waals surface area contributed by atoms with E-state index in [1.54, 1.807) is 0 Å². The van der Waals surface area contributed by atoms with Crippen molar-refractivity contribution < 1.29 is 4.74 Å². The molecule has 114 valence electrons. The molecule has 0 amide bonds. The van der Waals surface area contributed by atoms with E-state index in [1.807, 2.05) is 11.7 Å². The highest BCUT2D eigenvalue weighted by atomic mass is 16.5. The number of aromatic nitrogens is 2. The lowest BCUT2D eigenvalue weighted by Crippen LogP contribution is -2.36. The summed E-state index contributed by atoms with van der Waals surface area (Å²) in [7, 11) is 2.00. The Morgan fingerprint density at radius 2 is 2.05 bits per heavy atom. The second-order valence-electron chi connectivity index (χ2n) is 7.05. The third-order valence-electron chi connectivity index (χ3n) is 4.20. The minimum atomic E-state index is 0.0974. The number of hydrogen-bond donors (Lipinski definition) is 1. The van der Waals surface area contributed by atoms with Crippen LogP contribution in [-0.4, -0.2) is 29.0 Å². The Morgan fingerprint density at radius 1 is 1.40 bits per heavy atom. The number of rotatable bonds is 4. The van der Waals surface area contributed by atoms with E-state index in [2.05, 4.69) is 44.3 Å². The van der Waals surface area contributed by atoms with Crippen LogP contribution >= 0.6 is 0 Å². The first-order chi connectivity index (χ1) is 9.38. The zero-order chi connectivity index (χ0) is 14.8. The first kappa shape index (κ1) is 15.5. The van der Waals surface area contributed by atoms with Crippen molar-refractivity contribution in [2.24, 2.45) is 13.0 Å². The molecule has 0 bridgehead atoms. The third-order valence-corrected chi connectivity index (χ3v) is 4.20. The summed E-state index contributed by atoms with van der Waals surface area (Å²) in [6, 6.07) is 0.534. The maximum Gasteiger partial charge on any atom is 0.0722 e. The molecule has 1 aliphatic heterocycles. The first-order valence-corrected chi connectivity index (χ1v) is 7.72. The number of nitrogens with one attached hydrogen (secondary N) is 1. The van der Waals surface area contributed by atoms with E-state index in [1.165, 1.54) is 24.1 Å². The van der Waals surface area contributed by atoms with Crippen molar-refractivity contribution in [3.8, 4) is 0 Å². The van der Waals surface area contributed by atoms with Gasteiger partial charge in [-0.05, 0) is 25.7 Å². The van der Waals surface area contributed by atoms with Gasteiger partial charge in [0, 0.05) is 50.0 Å². The summed E-state index contributed by atoms with van der Waals surface area (Å²) < 4.78 is 7.37. The van der Waals surface area contributed by atoms with Crippen molar-refractivity contribution in [3.63, 3.8) is 0 Å². The van der Waals surface area contributed by atoms with Crippen LogP contribution in [0.25, 0.3) is 0 Å². The van der Waals surface area contributed by atoms with E-state index in [0.717, 1.165) is 25.7 Å². The molecular formula is C16H29N3O. The fourth-order valence-electron chi connectivity index (χ4n) is 2.95. The predicted octanol–water partition coefficient (Wildman–Crippen LogP) is 2.62. The summed E-state index contributed by atoms with van der Waals surface area (Å²) in [5.41, 5.74) is 2.62. The molecule has 4 nitrogen and oxygen atoms in total. The standard InChI is InChI=1S/C16H29N3O/c1-12(13-6-8-20-9-7-13)17-10-14-11-19(5)18-15(14)16(2,3)4/h11-13,17H,6-10H2,1-5H3. The monoisotopic (exact) mass is 279 g/mol. The van der Waals surface area contributed by atoms with Crippen LogP contribution in [0, 0.1) is 5.92 Å². The van der Waals surface area contributed by atoms with Crippen LogP contribution in [0.2, 0.25) is 0 Å². The van der Waals surface area contributed by atoms with Crippen molar-refractivity contribution in [1.82, 2.24) is 15.1 Å². The molecule has 0 spiro atoms. The van der Waals surface area contributed by atoms with Crippen molar-refractivity contribution >= 4 is 0 Å². The van der Waals surface area contributed by atoms with Crippen LogP contribution in [0.15, 0.2) is 6.20 Å². The lowest BCUT2D eigenvalue weighted by molar-refractivity contribution is 0.0557. The zero-order valence-corrected chi connectivity index (χ0v) is 13.6. The highest BCUT2D eigenvalue weighted by Gasteiger charge is 2.24. The van der Waals surface area contributed by atoms with Crippen molar-refractivity contribution in [1.29, 1.82) is 0 Å². The van der Waals surface area contributed by atoms with E-state index in [4.69, 9.17) is 4.74 Å². The van der Waals surface area contributed by atoms with Gasteiger partial charge >= 0.3 is 0 Å². The maximum atomic E-state index is 5.44. The number of hydrogen-bond acceptors (Lipinski definition) is 3. The van der Waals surface area contributed by atoms with Crippen LogP contribution < -0.4 is 5.32 Å². The van der Waals surface area contributed by atoms with Crippen molar-refractivity contribution in [3.05, 3.63) is 17.5 Å². The van der Waals surface area contributed by atoms with Gasteiger partial charge in [0.2, 0.25) is 0 Å². The Morgan fingerprint density at radius 3 is 2.65 bits per heavy atom. The second-order valence-corrected chi connectivity index (χ2v) is 7.05. The molecule has 20 heavy (non-hydrogen) atoms. The molecule has 4 heteroatoms. The molecule has 1 fully saturated rings. The average Bonchev–Trinajstić information content (AvgIpc) is 2.78. The molecule has 2 heterocycles.